The number of para-hydroxylation sites is 2. The van der Waals surface area contributed by atoms with Gasteiger partial charge in [-0.2, -0.15) is 0 Å². The van der Waals surface area contributed by atoms with E-state index in [1.165, 1.54) is 32.6 Å². The van der Waals surface area contributed by atoms with Crippen molar-refractivity contribution in [3.05, 3.63) is 91.5 Å². The van der Waals surface area contributed by atoms with E-state index in [4.69, 9.17) is 0 Å². The lowest BCUT2D eigenvalue weighted by Gasteiger charge is -2.08. The molecule has 0 aliphatic rings. The van der Waals surface area contributed by atoms with Crippen molar-refractivity contribution in [2.75, 3.05) is 0 Å². The number of rotatable bonds is 3. The molecular formula is C25H20N2. The normalized spacial score (nSPS) is 12.5. The van der Waals surface area contributed by atoms with E-state index in [0.717, 1.165) is 16.7 Å². The lowest BCUT2D eigenvalue weighted by atomic mass is 10.1. The summed E-state index contributed by atoms with van der Waals surface area (Å²) in [5, 5.41) is 5.00. The molecule has 2 heteroatoms. The van der Waals surface area contributed by atoms with Gasteiger partial charge in [-0.3, -0.25) is 0 Å². The highest BCUT2D eigenvalue weighted by atomic mass is 15.0. The third-order valence-electron chi connectivity index (χ3n) is 5.18. The minimum Gasteiger partial charge on any atom is -0.354 e. The van der Waals surface area contributed by atoms with Crippen molar-refractivity contribution in [1.29, 1.82) is 0 Å². The highest BCUT2D eigenvalue weighted by molar-refractivity contribution is 6.25. The number of nitrogens with one attached hydrogen (secondary N) is 1. The fourth-order valence-electron chi connectivity index (χ4n) is 4.04. The molecule has 0 saturated carbocycles. The minimum atomic E-state index is 0.956. The summed E-state index contributed by atoms with van der Waals surface area (Å²) in [6.45, 7) is 6.39. The first-order valence-electron chi connectivity index (χ1n) is 9.21. The van der Waals surface area contributed by atoms with Crippen molar-refractivity contribution in [2.45, 2.75) is 6.92 Å². The summed E-state index contributed by atoms with van der Waals surface area (Å²) in [5.74, 6) is 0. The van der Waals surface area contributed by atoms with E-state index < -0.39 is 0 Å². The molecule has 2 aromatic heterocycles. The molecule has 0 fully saturated rings. The van der Waals surface area contributed by atoms with Crippen LogP contribution in [0.3, 0.4) is 0 Å². The zero-order chi connectivity index (χ0) is 18.4. The van der Waals surface area contributed by atoms with Gasteiger partial charge in [0, 0.05) is 38.3 Å². The number of fused-ring (bicyclic) bond motifs is 7. The Kier molecular flexibility index (Phi) is 3.51. The highest BCUT2D eigenvalue weighted by Gasteiger charge is 2.16. The third kappa shape index (κ3) is 2.27. The molecule has 5 rings (SSSR count). The summed E-state index contributed by atoms with van der Waals surface area (Å²) in [4.78, 5) is 3.56. The number of aromatic amines is 1. The number of nitrogens with zero attached hydrogens (tertiary/aromatic N) is 1. The van der Waals surface area contributed by atoms with Crippen LogP contribution in [0.1, 0.15) is 6.92 Å². The molecule has 0 amide bonds. The molecule has 3 aromatic carbocycles. The number of H-pyrrole nitrogens is 1. The van der Waals surface area contributed by atoms with Crippen molar-refractivity contribution in [2.24, 2.45) is 0 Å². The molecule has 27 heavy (non-hydrogen) atoms. The van der Waals surface area contributed by atoms with Gasteiger partial charge in [-0.1, -0.05) is 67.3 Å². The largest absolute Gasteiger partial charge is 0.354 e. The lowest BCUT2D eigenvalue weighted by Crippen LogP contribution is -1.93. The number of hydrogen-bond donors (Lipinski definition) is 1. The molecule has 0 bridgehead atoms. The molecule has 0 radical (unpaired) electrons. The van der Waals surface area contributed by atoms with E-state index in [1.54, 1.807) is 0 Å². The maximum Gasteiger partial charge on any atom is 0.0640 e. The van der Waals surface area contributed by atoms with E-state index in [9.17, 15) is 0 Å². The van der Waals surface area contributed by atoms with Crippen molar-refractivity contribution in [3.8, 4) is 0 Å². The summed E-state index contributed by atoms with van der Waals surface area (Å²) < 4.78 is 2.28. The summed E-state index contributed by atoms with van der Waals surface area (Å²) in [7, 11) is 0. The van der Waals surface area contributed by atoms with Crippen LogP contribution in [0.15, 0.2) is 91.5 Å². The first kappa shape index (κ1) is 15.7. The van der Waals surface area contributed by atoms with Crippen LogP contribution in [0.2, 0.25) is 0 Å². The van der Waals surface area contributed by atoms with Crippen LogP contribution in [-0.2, 0) is 0 Å². The van der Waals surface area contributed by atoms with Crippen molar-refractivity contribution in [3.63, 3.8) is 0 Å². The van der Waals surface area contributed by atoms with Crippen molar-refractivity contribution < 1.29 is 0 Å². The molecule has 0 aliphatic carbocycles. The number of allylic oxidation sites excluding steroid dienone is 5. The molecule has 2 nitrogen and oxygen atoms in total. The number of hydrogen-bond acceptors (Lipinski definition) is 0. The summed E-state index contributed by atoms with van der Waals surface area (Å²) in [6, 6.07) is 21.5. The summed E-state index contributed by atoms with van der Waals surface area (Å²) >= 11 is 0. The minimum absolute atomic E-state index is 0.956. The Balaban J connectivity index is 1.99. The molecule has 0 saturated heterocycles. The summed E-state index contributed by atoms with van der Waals surface area (Å²) in [5.41, 5.74) is 5.66. The van der Waals surface area contributed by atoms with Gasteiger partial charge in [-0.05, 0) is 31.2 Å². The molecule has 0 atom stereocenters. The van der Waals surface area contributed by atoms with Gasteiger partial charge >= 0.3 is 0 Å². The number of aromatic nitrogens is 2. The van der Waals surface area contributed by atoms with Gasteiger partial charge in [0.25, 0.3) is 0 Å². The molecule has 0 unspecified atom stereocenters. The van der Waals surface area contributed by atoms with Gasteiger partial charge in [0.1, 0.15) is 0 Å². The monoisotopic (exact) mass is 348 g/mol. The van der Waals surface area contributed by atoms with Crippen LogP contribution in [0.5, 0.6) is 0 Å². The molecule has 0 spiro atoms. The fourth-order valence-corrected chi connectivity index (χ4v) is 4.04. The molecule has 5 aromatic rings. The Morgan fingerprint density at radius 2 is 1.63 bits per heavy atom. The first-order chi connectivity index (χ1) is 13.3. The van der Waals surface area contributed by atoms with Crippen LogP contribution < -0.4 is 0 Å². The average molecular weight is 348 g/mol. The standard InChI is InChI=1S/C25H20N2/c1-3-4-5-10-17(2)27-23-14-9-7-11-18(23)19-15-16-22-24(25(19)27)20-12-6-8-13-21(20)26-22/h3-16,26H,2H2,1H3/b4-3-,10-5-. The Labute approximate surface area is 157 Å². The van der Waals surface area contributed by atoms with Crippen LogP contribution >= 0.6 is 0 Å². The maximum atomic E-state index is 4.37. The lowest BCUT2D eigenvalue weighted by molar-refractivity contribution is 1.25. The maximum absolute atomic E-state index is 4.37. The topological polar surface area (TPSA) is 20.7 Å². The van der Waals surface area contributed by atoms with E-state index >= 15 is 0 Å². The average Bonchev–Trinajstić information content (AvgIpc) is 3.23. The Hall–Kier alpha value is -3.52. The molecule has 130 valence electrons. The van der Waals surface area contributed by atoms with Gasteiger partial charge in [0.15, 0.2) is 0 Å². The Bertz CT molecular complexity index is 1390. The molecular weight excluding hydrogens is 328 g/mol. The van der Waals surface area contributed by atoms with E-state index in [1.807, 2.05) is 25.2 Å². The zero-order valence-electron chi connectivity index (χ0n) is 15.2. The van der Waals surface area contributed by atoms with Crippen LogP contribution in [0, 0.1) is 0 Å². The predicted molar refractivity (Wildman–Crippen MR) is 118 cm³/mol. The first-order valence-corrected chi connectivity index (χ1v) is 9.21. The zero-order valence-corrected chi connectivity index (χ0v) is 15.2. The Morgan fingerprint density at radius 3 is 2.48 bits per heavy atom. The smallest absolute Gasteiger partial charge is 0.0640 e. The van der Waals surface area contributed by atoms with Crippen molar-refractivity contribution >= 4 is 49.3 Å². The van der Waals surface area contributed by atoms with Crippen LogP contribution in [-0.4, -0.2) is 9.55 Å². The molecule has 0 aliphatic heterocycles. The van der Waals surface area contributed by atoms with Crippen LogP contribution in [0.25, 0.3) is 49.3 Å². The second-order valence-electron chi connectivity index (χ2n) is 6.78. The Morgan fingerprint density at radius 1 is 0.852 bits per heavy atom. The van der Waals surface area contributed by atoms with Gasteiger partial charge in [0.2, 0.25) is 0 Å². The van der Waals surface area contributed by atoms with Gasteiger partial charge in [0.05, 0.1) is 11.0 Å². The van der Waals surface area contributed by atoms with E-state index in [-0.39, 0.29) is 0 Å². The number of benzene rings is 3. The fraction of sp³-hybridized carbons (Fsp3) is 0.0400. The summed E-state index contributed by atoms with van der Waals surface area (Å²) in [6.07, 6.45) is 8.16. The van der Waals surface area contributed by atoms with Gasteiger partial charge in [-0.15, -0.1) is 0 Å². The molecule has 2 heterocycles. The molecule has 1 N–H and O–H groups in total. The highest BCUT2D eigenvalue weighted by Crippen LogP contribution is 2.39. The van der Waals surface area contributed by atoms with E-state index in [2.05, 4.69) is 82.9 Å². The predicted octanol–water partition coefficient (Wildman–Crippen LogP) is 7.03. The van der Waals surface area contributed by atoms with Gasteiger partial charge < -0.3 is 9.55 Å². The second kappa shape index (κ2) is 6.03. The quantitative estimate of drug-likeness (QED) is 0.338. The second-order valence-corrected chi connectivity index (χ2v) is 6.78. The van der Waals surface area contributed by atoms with Gasteiger partial charge in [-0.25, -0.2) is 0 Å². The SMILES string of the molecule is C=C(/C=C\C=C/C)n1c2ccccc2c2ccc3[nH]c4ccccc4c3c21. The third-order valence-corrected chi connectivity index (χ3v) is 5.18. The van der Waals surface area contributed by atoms with Crippen LogP contribution in [0.4, 0.5) is 0 Å². The van der Waals surface area contributed by atoms with E-state index in [0.29, 0.717) is 0 Å². The van der Waals surface area contributed by atoms with Crippen molar-refractivity contribution in [1.82, 2.24) is 9.55 Å².